The molecule has 4 nitrogen and oxygen atoms in total. The van der Waals surface area contributed by atoms with Crippen molar-refractivity contribution in [3.05, 3.63) is 12.2 Å². The third kappa shape index (κ3) is 9.87. The second-order valence-corrected chi connectivity index (χ2v) is 4.69. The zero-order valence-corrected chi connectivity index (χ0v) is 11.8. The van der Waals surface area contributed by atoms with Crippen molar-refractivity contribution in [2.24, 2.45) is 5.92 Å². The third-order valence-corrected chi connectivity index (χ3v) is 2.42. The molecule has 0 rings (SSSR count). The van der Waals surface area contributed by atoms with Crippen molar-refractivity contribution < 1.29 is 19.1 Å². The van der Waals surface area contributed by atoms with E-state index in [1.807, 2.05) is 6.92 Å². The predicted molar refractivity (Wildman–Crippen MR) is 70.0 cm³/mol. The minimum Gasteiger partial charge on any atom is -0.463 e. The number of esters is 2. The van der Waals surface area contributed by atoms with Crippen LogP contribution in [0, 0.1) is 5.92 Å². The van der Waals surface area contributed by atoms with Crippen LogP contribution in [-0.2, 0) is 19.1 Å². The number of ether oxygens (including phenoxy) is 2. The molecule has 0 spiro atoms. The number of carbonyl (C=O) groups excluding carboxylic acids is 2. The highest BCUT2D eigenvalue weighted by molar-refractivity contribution is 5.91. The van der Waals surface area contributed by atoms with Crippen molar-refractivity contribution in [3.63, 3.8) is 0 Å². The number of hydrogen-bond acceptors (Lipinski definition) is 4. The van der Waals surface area contributed by atoms with Crippen LogP contribution < -0.4 is 0 Å². The van der Waals surface area contributed by atoms with Crippen LogP contribution in [0.5, 0.6) is 0 Å². The minimum atomic E-state index is -0.511. The lowest BCUT2D eigenvalue weighted by Gasteiger charge is -2.07. The third-order valence-electron chi connectivity index (χ3n) is 2.42. The van der Waals surface area contributed by atoms with Gasteiger partial charge in [0.05, 0.1) is 12.7 Å². The van der Waals surface area contributed by atoms with Gasteiger partial charge in [-0.05, 0) is 32.1 Å². The van der Waals surface area contributed by atoms with E-state index >= 15 is 0 Å². The molecular weight excluding hydrogens is 232 g/mol. The summed E-state index contributed by atoms with van der Waals surface area (Å²) in [6.07, 6.45) is 4.70. The lowest BCUT2D eigenvalue weighted by atomic mass is 10.1. The standard InChI is InChI=1S/C14H24O4/c1-5-12(4)18-14(16)9-8-13(15)17-10-6-7-11(2)3/h8-9,11-12H,5-7,10H2,1-4H3/b9-8+. The van der Waals surface area contributed by atoms with Crippen LogP contribution in [0.25, 0.3) is 0 Å². The van der Waals surface area contributed by atoms with Crippen LogP contribution >= 0.6 is 0 Å². The highest BCUT2D eigenvalue weighted by Crippen LogP contribution is 2.03. The first-order valence-corrected chi connectivity index (χ1v) is 6.51. The summed E-state index contributed by atoms with van der Waals surface area (Å²) in [5.41, 5.74) is 0. The summed E-state index contributed by atoms with van der Waals surface area (Å²) in [5, 5.41) is 0. The molecule has 0 aromatic rings. The van der Waals surface area contributed by atoms with Crippen LogP contribution in [-0.4, -0.2) is 24.6 Å². The van der Waals surface area contributed by atoms with Crippen molar-refractivity contribution in [3.8, 4) is 0 Å². The molecule has 0 saturated carbocycles. The molecule has 0 aromatic carbocycles. The normalized spacial score (nSPS) is 12.7. The summed E-state index contributed by atoms with van der Waals surface area (Å²) in [7, 11) is 0. The summed E-state index contributed by atoms with van der Waals surface area (Å²) in [5.74, 6) is -0.409. The van der Waals surface area contributed by atoms with Crippen molar-refractivity contribution >= 4 is 11.9 Å². The first kappa shape index (κ1) is 16.7. The molecule has 0 aliphatic carbocycles. The van der Waals surface area contributed by atoms with Crippen molar-refractivity contribution in [2.75, 3.05) is 6.61 Å². The molecule has 0 aliphatic rings. The maximum Gasteiger partial charge on any atom is 0.331 e. The first-order chi connectivity index (χ1) is 8.45. The van der Waals surface area contributed by atoms with E-state index in [1.54, 1.807) is 6.92 Å². The van der Waals surface area contributed by atoms with Gasteiger partial charge in [0.2, 0.25) is 0 Å². The highest BCUT2D eigenvalue weighted by Gasteiger charge is 2.05. The maximum atomic E-state index is 11.2. The predicted octanol–water partition coefficient (Wildman–Crippen LogP) is 2.86. The van der Waals surface area contributed by atoms with Gasteiger partial charge < -0.3 is 9.47 Å². The van der Waals surface area contributed by atoms with E-state index in [2.05, 4.69) is 13.8 Å². The Morgan fingerprint density at radius 3 is 2.28 bits per heavy atom. The molecule has 0 radical (unpaired) electrons. The van der Waals surface area contributed by atoms with Gasteiger partial charge in [-0.3, -0.25) is 0 Å². The Bertz CT molecular complexity index is 282. The molecule has 4 heteroatoms. The van der Waals surface area contributed by atoms with Gasteiger partial charge in [0.25, 0.3) is 0 Å². The topological polar surface area (TPSA) is 52.6 Å². The molecule has 0 fully saturated rings. The summed E-state index contributed by atoms with van der Waals surface area (Å²) >= 11 is 0. The molecule has 0 amide bonds. The van der Waals surface area contributed by atoms with E-state index < -0.39 is 11.9 Å². The molecule has 0 heterocycles. The van der Waals surface area contributed by atoms with Crippen LogP contribution in [0.15, 0.2) is 12.2 Å². The molecule has 0 saturated heterocycles. The fourth-order valence-electron chi connectivity index (χ4n) is 1.17. The quantitative estimate of drug-likeness (QED) is 0.380. The Balaban J connectivity index is 3.76. The molecule has 0 aliphatic heterocycles. The average molecular weight is 256 g/mol. The van der Waals surface area contributed by atoms with Gasteiger partial charge in [-0.2, -0.15) is 0 Å². The van der Waals surface area contributed by atoms with Gasteiger partial charge in [-0.15, -0.1) is 0 Å². The van der Waals surface area contributed by atoms with E-state index in [-0.39, 0.29) is 6.10 Å². The second kappa shape index (κ2) is 9.68. The van der Waals surface area contributed by atoms with Gasteiger partial charge in [0.1, 0.15) is 0 Å². The van der Waals surface area contributed by atoms with Crippen LogP contribution in [0.4, 0.5) is 0 Å². The summed E-state index contributed by atoms with van der Waals surface area (Å²) in [6, 6.07) is 0. The smallest absolute Gasteiger partial charge is 0.331 e. The van der Waals surface area contributed by atoms with E-state index in [0.717, 1.165) is 31.4 Å². The minimum absolute atomic E-state index is 0.135. The summed E-state index contributed by atoms with van der Waals surface area (Å²) in [4.78, 5) is 22.4. The van der Waals surface area contributed by atoms with Crippen LogP contribution in [0.1, 0.15) is 47.0 Å². The molecule has 0 aromatic heterocycles. The molecule has 104 valence electrons. The number of rotatable bonds is 8. The SMILES string of the molecule is CCC(C)OC(=O)/C=C/C(=O)OCCCC(C)C. The molecule has 0 bridgehead atoms. The Kier molecular flexibility index (Phi) is 8.97. The van der Waals surface area contributed by atoms with Gasteiger partial charge in [0, 0.05) is 12.2 Å². The molecular formula is C14H24O4. The molecule has 1 atom stereocenters. The van der Waals surface area contributed by atoms with E-state index in [4.69, 9.17) is 9.47 Å². The van der Waals surface area contributed by atoms with Gasteiger partial charge in [-0.1, -0.05) is 20.8 Å². The van der Waals surface area contributed by atoms with Crippen LogP contribution in [0.2, 0.25) is 0 Å². The molecule has 1 unspecified atom stereocenters. The monoisotopic (exact) mass is 256 g/mol. The average Bonchev–Trinajstić information content (AvgIpc) is 2.31. The maximum absolute atomic E-state index is 11.2. The Hall–Kier alpha value is -1.32. The second-order valence-electron chi connectivity index (χ2n) is 4.69. The highest BCUT2D eigenvalue weighted by atomic mass is 16.5. The van der Waals surface area contributed by atoms with Gasteiger partial charge in [0.15, 0.2) is 0 Å². The van der Waals surface area contributed by atoms with E-state index in [1.165, 1.54) is 0 Å². The Morgan fingerprint density at radius 2 is 1.72 bits per heavy atom. The summed E-state index contributed by atoms with van der Waals surface area (Å²) < 4.78 is 9.91. The van der Waals surface area contributed by atoms with E-state index in [0.29, 0.717) is 12.5 Å². The lowest BCUT2D eigenvalue weighted by Crippen LogP contribution is -2.12. The van der Waals surface area contributed by atoms with Gasteiger partial charge in [-0.25, -0.2) is 9.59 Å². The molecule has 0 N–H and O–H groups in total. The fraction of sp³-hybridized carbons (Fsp3) is 0.714. The fourth-order valence-corrected chi connectivity index (χ4v) is 1.17. The lowest BCUT2D eigenvalue weighted by molar-refractivity contribution is -0.143. The number of hydrogen-bond donors (Lipinski definition) is 0. The van der Waals surface area contributed by atoms with Gasteiger partial charge >= 0.3 is 11.9 Å². The van der Waals surface area contributed by atoms with Crippen LogP contribution in [0.3, 0.4) is 0 Å². The molecule has 18 heavy (non-hydrogen) atoms. The van der Waals surface area contributed by atoms with E-state index in [9.17, 15) is 9.59 Å². The first-order valence-electron chi connectivity index (χ1n) is 6.51. The van der Waals surface area contributed by atoms with Crippen molar-refractivity contribution in [1.82, 2.24) is 0 Å². The Morgan fingerprint density at radius 1 is 1.11 bits per heavy atom. The number of carbonyl (C=O) groups is 2. The van der Waals surface area contributed by atoms with Crippen molar-refractivity contribution in [2.45, 2.75) is 53.1 Å². The zero-order valence-electron chi connectivity index (χ0n) is 11.8. The summed E-state index contributed by atoms with van der Waals surface area (Å²) in [6.45, 7) is 8.35. The zero-order chi connectivity index (χ0) is 14.0. The Labute approximate surface area is 109 Å². The van der Waals surface area contributed by atoms with Crippen molar-refractivity contribution in [1.29, 1.82) is 0 Å². The largest absolute Gasteiger partial charge is 0.463 e.